The van der Waals surface area contributed by atoms with Gasteiger partial charge in [0.2, 0.25) is 0 Å². The molecule has 1 atom stereocenters. The summed E-state index contributed by atoms with van der Waals surface area (Å²) in [5.74, 6) is -3.85. The lowest BCUT2D eigenvalue weighted by Crippen LogP contribution is -2.39. The van der Waals surface area contributed by atoms with Crippen molar-refractivity contribution in [1.82, 2.24) is 5.32 Å². The monoisotopic (exact) mass is 247 g/mol. The van der Waals surface area contributed by atoms with Crippen molar-refractivity contribution < 1.29 is 17.9 Å². The molecule has 0 aliphatic carbocycles. The van der Waals surface area contributed by atoms with Crippen LogP contribution in [0.4, 0.5) is 13.2 Å². The van der Waals surface area contributed by atoms with Crippen molar-refractivity contribution in [3.8, 4) is 0 Å². The van der Waals surface area contributed by atoms with Crippen LogP contribution < -0.4 is 5.32 Å². The first kappa shape index (κ1) is 14.0. The minimum Gasteiger partial charge on any atom is -0.377 e. The molecule has 0 aliphatic rings. The Labute approximate surface area is 98.8 Å². The molecule has 0 amide bonds. The van der Waals surface area contributed by atoms with Gasteiger partial charge in [0.25, 0.3) is 0 Å². The maximum absolute atomic E-state index is 13.7. The summed E-state index contributed by atoms with van der Waals surface area (Å²) in [6.45, 7) is 3.46. The Hall–Kier alpha value is -1.07. The highest BCUT2D eigenvalue weighted by Crippen LogP contribution is 2.31. The molecule has 1 aromatic rings. The number of methoxy groups -OCH3 is 1. The van der Waals surface area contributed by atoms with Crippen LogP contribution in [0, 0.1) is 17.5 Å². The lowest BCUT2D eigenvalue weighted by Gasteiger charge is -2.33. The minimum absolute atomic E-state index is 0.0400. The standard InChI is InChI=1S/C12H16F3NO/c1-12(2,17-4)11(16-3)7-5-6-8(13)10(15)9(7)14/h5-6,11,16H,1-4H3. The molecule has 1 rings (SSSR count). The van der Waals surface area contributed by atoms with E-state index in [-0.39, 0.29) is 5.56 Å². The maximum Gasteiger partial charge on any atom is 0.194 e. The highest BCUT2D eigenvalue weighted by molar-refractivity contribution is 5.25. The van der Waals surface area contributed by atoms with Crippen molar-refractivity contribution in [2.45, 2.75) is 25.5 Å². The van der Waals surface area contributed by atoms with Crippen LogP contribution in [0.25, 0.3) is 0 Å². The van der Waals surface area contributed by atoms with Crippen molar-refractivity contribution in [3.05, 3.63) is 35.1 Å². The maximum atomic E-state index is 13.7. The zero-order valence-corrected chi connectivity index (χ0v) is 10.3. The van der Waals surface area contributed by atoms with Crippen LogP contribution in [0.15, 0.2) is 12.1 Å². The Balaban J connectivity index is 3.27. The van der Waals surface area contributed by atoms with Gasteiger partial charge in [-0.2, -0.15) is 0 Å². The fourth-order valence-electron chi connectivity index (χ4n) is 1.76. The summed E-state index contributed by atoms with van der Waals surface area (Å²) >= 11 is 0. The molecule has 1 N–H and O–H groups in total. The largest absolute Gasteiger partial charge is 0.377 e. The summed E-state index contributed by atoms with van der Waals surface area (Å²) in [6, 6.07) is 1.54. The lowest BCUT2D eigenvalue weighted by atomic mass is 9.91. The predicted molar refractivity (Wildman–Crippen MR) is 59.2 cm³/mol. The van der Waals surface area contributed by atoms with Crippen LogP contribution in [0.5, 0.6) is 0 Å². The van der Waals surface area contributed by atoms with Gasteiger partial charge in [-0.1, -0.05) is 6.07 Å². The van der Waals surface area contributed by atoms with Crippen molar-refractivity contribution in [3.63, 3.8) is 0 Å². The Kier molecular flexibility index (Phi) is 4.16. The summed E-state index contributed by atoms with van der Waals surface area (Å²) in [5.41, 5.74) is -0.710. The number of likely N-dealkylation sites (N-methyl/N-ethyl adjacent to an activating group) is 1. The minimum atomic E-state index is -1.46. The van der Waals surface area contributed by atoms with Crippen LogP contribution >= 0.6 is 0 Å². The molecule has 1 unspecified atom stereocenters. The van der Waals surface area contributed by atoms with Crippen LogP contribution in [0.3, 0.4) is 0 Å². The average molecular weight is 247 g/mol. The van der Waals surface area contributed by atoms with E-state index in [4.69, 9.17) is 4.74 Å². The summed E-state index contributed by atoms with van der Waals surface area (Å²) < 4.78 is 44.9. The Morgan fingerprint density at radius 3 is 2.24 bits per heavy atom. The van der Waals surface area contributed by atoms with Crippen LogP contribution in [0.2, 0.25) is 0 Å². The Morgan fingerprint density at radius 1 is 1.18 bits per heavy atom. The molecular formula is C12H16F3NO. The second-order valence-electron chi connectivity index (χ2n) is 4.29. The quantitative estimate of drug-likeness (QED) is 0.826. The van der Waals surface area contributed by atoms with Gasteiger partial charge in [-0.05, 0) is 27.0 Å². The second kappa shape index (κ2) is 5.06. The first-order valence-corrected chi connectivity index (χ1v) is 5.21. The molecule has 0 saturated carbocycles. The van der Waals surface area contributed by atoms with Crippen molar-refractivity contribution in [1.29, 1.82) is 0 Å². The molecule has 0 fully saturated rings. The average Bonchev–Trinajstić information content (AvgIpc) is 2.30. The van der Waals surface area contributed by atoms with E-state index in [1.54, 1.807) is 20.9 Å². The zero-order chi connectivity index (χ0) is 13.2. The molecule has 0 aliphatic heterocycles. The van der Waals surface area contributed by atoms with Crippen molar-refractivity contribution >= 4 is 0 Å². The second-order valence-corrected chi connectivity index (χ2v) is 4.29. The van der Waals surface area contributed by atoms with Crippen LogP contribution in [-0.4, -0.2) is 19.8 Å². The van der Waals surface area contributed by atoms with E-state index >= 15 is 0 Å². The van der Waals surface area contributed by atoms with E-state index < -0.39 is 29.1 Å². The van der Waals surface area contributed by atoms with Crippen molar-refractivity contribution in [2.75, 3.05) is 14.2 Å². The predicted octanol–water partition coefficient (Wildman–Crippen LogP) is 2.79. The highest BCUT2D eigenvalue weighted by atomic mass is 19.2. The summed E-state index contributed by atoms with van der Waals surface area (Å²) in [4.78, 5) is 0. The topological polar surface area (TPSA) is 21.3 Å². The van der Waals surface area contributed by atoms with Crippen LogP contribution in [-0.2, 0) is 4.74 Å². The van der Waals surface area contributed by atoms with E-state index in [2.05, 4.69) is 5.32 Å². The van der Waals surface area contributed by atoms with Gasteiger partial charge in [-0.25, -0.2) is 13.2 Å². The molecule has 0 saturated heterocycles. The summed E-state index contributed by atoms with van der Waals surface area (Å²) in [5, 5.41) is 2.84. The Morgan fingerprint density at radius 2 is 1.76 bits per heavy atom. The third kappa shape index (κ3) is 2.61. The van der Waals surface area contributed by atoms with E-state index in [0.29, 0.717) is 0 Å². The Bertz CT molecular complexity index is 407. The highest BCUT2D eigenvalue weighted by Gasteiger charge is 2.32. The molecule has 0 spiro atoms. The molecule has 5 heteroatoms. The van der Waals surface area contributed by atoms with Crippen LogP contribution in [0.1, 0.15) is 25.5 Å². The molecule has 0 radical (unpaired) electrons. The zero-order valence-electron chi connectivity index (χ0n) is 10.3. The molecular weight excluding hydrogens is 231 g/mol. The van der Waals surface area contributed by atoms with E-state index in [0.717, 1.165) is 6.07 Å². The number of benzene rings is 1. The van der Waals surface area contributed by atoms with Gasteiger partial charge in [0, 0.05) is 12.7 Å². The van der Waals surface area contributed by atoms with E-state index in [1.165, 1.54) is 13.2 Å². The van der Waals surface area contributed by atoms with Gasteiger partial charge in [0.05, 0.1) is 11.6 Å². The number of rotatable bonds is 4. The molecule has 0 heterocycles. The third-order valence-corrected chi connectivity index (χ3v) is 2.89. The van der Waals surface area contributed by atoms with Gasteiger partial charge < -0.3 is 10.1 Å². The number of hydrogen-bond acceptors (Lipinski definition) is 2. The summed E-state index contributed by atoms with van der Waals surface area (Å²) in [6.07, 6.45) is 0. The summed E-state index contributed by atoms with van der Waals surface area (Å²) in [7, 11) is 3.08. The van der Waals surface area contributed by atoms with Crippen molar-refractivity contribution in [2.24, 2.45) is 0 Å². The lowest BCUT2D eigenvalue weighted by molar-refractivity contribution is -0.0101. The normalized spacial score (nSPS) is 13.8. The molecule has 17 heavy (non-hydrogen) atoms. The fourth-order valence-corrected chi connectivity index (χ4v) is 1.76. The molecule has 0 aromatic heterocycles. The third-order valence-electron chi connectivity index (χ3n) is 2.89. The number of ether oxygens (including phenoxy) is 1. The van der Waals surface area contributed by atoms with Gasteiger partial charge in [0.15, 0.2) is 17.5 Å². The van der Waals surface area contributed by atoms with Gasteiger partial charge in [0.1, 0.15) is 0 Å². The first-order valence-electron chi connectivity index (χ1n) is 5.21. The molecule has 2 nitrogen and oxygen atoms in total. The number of nitrogens with one attached hydrogen (secondary N) is 1. The van der Waals surface area contributed by atoms with E-state index in [1.807, 2.05) is 0 Å². The van der Waals surface area contributed by atoms with Gasteiger partial charge in [-0.15, -0.1) is 0 Å². The SMILES string of the molecule is CNC(c1ccc(F)c(F)c1F)C(C)(C)OC. The van der Waals surface area contributed by atoms with Gasteiger partial charge >= 0.3 is 0 Å². The molecule has 96 valence electrons. The molecule has 1 aromatic carbocycles. The first-order chi connectivity index (χ1) is 7.85. The number of halogens is 3. The van der Waals surface area contributed by atoms with E-state index in [9.17, 15) is 13.2 Å². The smallest absolute Gasteiger partial charge is 0.194 e. The number of hydrogen-bond donors (Lipinski definition) is 1. The fraction of sp³-hybridized carbons (Fsp3) is 0.500. The molecule has 0 bridgehead atoms. The van der Waals surface area contributed by atoms with Gasteiger partial charge in [-0.3, -0.25) is 0 Å².